The van der Waals surface area contributed by atoms with Gasteiger partial charge in [0.05, 0.1) is 11.9 Å². The molecule has 0 aliphatic heterocycles. The smallest absolute Gasteiger partial charge is 0.138 e. The van der Waals surface area contributed by atoms with E-state index in [9.17, 15) is 0 Å². The van der Waals surface area contributed by atoms with Crippen LogP contribution in [0.15, 0.2) is 54.7 Å². The number of nitrogens with zero attached hydrogens (tertiary/aromatic N) is 1. The van der Waals surface area contributed by atoms with Gasteiger partial charge in [0.25, 0.3) is 0 Å². The fourth-order valence-electron chi connectivity index (χ4n) is 3.81. The van der Waals surface area contributed by atoms with Gasteiger partial charge in [0.1, 0.15) is 12.4 Å². The summed E-state index contributed by atoms with van der Waals surface area (Å²) in [5.41, 5.74) is 3.53. The molecule has 3 nitrogen and oxygen atoms in total. The summed E-state index contributed by atoms with van der Waals surface area (Å²) < 4.78 is 11.3. The third-order valence-electron chi connectivity index (χ3n) is 5.83. The largest absolute Gasteiger partial charge is 0.488 e. The summed E-state index contributed by atoms with van der Waals surface area (Å²) in [5.74, 6) is 0.822. The molecule has 0 radical (unpaired) electrons. The second-order valence-corrected chi connectivity index (χ2v) is 8.84. The molecule has 3 heteroatoms. The summed E-state index contributed by atoms with van der Waals surface area (Å²) in [4.78, 5) is 4.59. The first kappa shape index (κ1) is 27.1. The number of rotatable bonds is 19. The maximum Gasteiger partial charge on any atom is 0.138 e. The van der Waals surface area contributed by atoms with Gasteiger partial charge in [-0.25, -0.2) is 0 Å². The number of pyridine rings is 1. The Labute approximate surface area is 202 Å². The van der Waals surface area contributed by atoms with E-state index in [1.54, 1.807) is 0 Å². The molecule has 0 amide bonds. The van der Waals surface area contributed by atoms with E-state index < -0.39 is 0 Å². The lowest BCUT2D eigenvalue weighted by Gasteiger charge is -2.07. The average Bonchev–Trinajstić information content (AvgIpc) is 2.85. The molecule has 0 unspecified atom stereocenters. The van der Waals surface area contributed by atoms with Crippen LogP contribution in [0, 0.1) is 0 Å². The predicted octanol–water partition coefficient (Wildman–Crippen LogP) is 8.57. The van der Waals surface area contributed by atoms with Gasteiger partial charge in [-0.2, -0.15) is 0 Å². The molecule has 0 atom stereocenters. The van der Waals surface area contributed by atoms with E-state index in [2.05, 4.69) is 55.2 Å². The first-order chi connectivity index (χ1) is 16.3. The minimum absolute atomic E-state index is 0.607. The van der Waals surface area contributed by atoms with Crippen LogP contribution >= 0.6 is 0 Å². The highest BCUT2D eigenvalue weighted by Gasteiger charge is 2.01. The van der Waals surface area contributed by atoms with Crippen molar-refractivity contribution in [3.8, 4) is 17.0 Å². The SMILES string of the molecule is CCCCCCCCC=CCOc1ccc(-c2ccc(CCCCCOCCC)cc2)nc1. The van der Waals surface area contributed by atoms with Gasteiger partial charge in [0, 0.05) is 18.8 Å². The normalized spacial score (nSPS) is 11.3. The van der Waals surface area contributed by atoms with Crippen LogP contribution in [-0.2, 0) is 11.2 Å². The van der Waals surface area contributed by atoms with Crippen molar-refractivity contribution in [3.05, 3.63) is 60.3 Å². The maximum absolute atomic E-state index is 5.80. The summed E-state index contributed by atoms with van der Waals surface area (Å²) in [5, 5.41) is 0. The molecule has 2 rings (SSSR count). The van der Waals surface area contributed by atoms with Gasteiger partial charge in [-0.3, -0.25) is 4.98 Å². The number of hydrogen-bond acceptors (Lipinski definition) is 3. The predicted molar refractivity (Wildman–Crippen MR) is 141 cm³/mol. The van der Waals surface area contributed by atoms with Crippen LogP contribution in [0.3, 0.4) is 0 Å². The molecular weight excluding hydrogens is 406 g/mol. The standard InChI is InChI=1S/C30H45NO2/c1-3-5-6-7-8-9-10-11-15-25-33-29-21-22-30(31-26-29)28-19-17-27(18-20-28)16-13-12-14-24-32-23-4-2/h11,15,17-22,26H,3-10,12-14,16,23-25H2,1-2H3. The first-order valence-electron chi connectivity index (χ1n) is 13.2. The molecule has 182 valence electrons. The highest BCUT2D eigenvalue weighted by Crippen LogP contribution is 2.21. The Bertz CT molecular complexity index is 737. The zero-order chi connectivity index (χ0) is 23.4. The molecule has 0 bridgehead atoms. The lowest BCUT2D eigenvalue weighted by molar-refractivity contribution is 0.130. The summed E-state index contributed by atoms with van der Waals surface area (Å²) in [6.45, 7) is 6.80. The van der Waals surface area contributed by atoms with Crippen molar-refractivity contribution >= 4 is 0 Å². The Balaban J connectivity index is 1.62. The van der Waals surface area contributed by atoms with Crippen LogP contribution in [0.1, 0.15) is 90.0 Å². The van der Waals surface area contributed by atoms with Crippen LogP contribution in [0.5, 0.6) is 5.75 Å². The molecule has 1 aromatic heterocycles. The van der Waals surface area contributed by atoms with E-state index >= 15 is 0 Å². The van der Waals surface area contributed by atoms with Gasteiger partial charge in [-0.05, 0) is 56.2 Å². The number of allylic oxidation sites excluding steroid dienone is 1. The van der Waals surface area contributed by atoms with Crippen molar-refractivity contribution < 1.29 is 9.47 Å². The third kappa shape index (κ3) is 12.6. The van der Waals surface area contributed by atoms with Gasteiger partial charge in [0.2, 0.25) is 0 Å². The van der Waals surface area contributed by atoms with Crippen molar-refractivity contribution in [2.24, 2.45) is 0 Å². The van der Waals surface area contributed by atoms with Crippen LogP contribution in [0.25, 0.3) is 11.3 Å². The van der Waals surface area contributed by atoms with Crippen LogP contribution in [0.4, 0.5) is 0 Å². The molecule has 0 spiro atoms. The van der Waals surface area contributed by atoms with Crippen molar-refractivity contribution in [2.75, 3.05) is 19.8 Å². The van der Waals surface area contributed by atoms with Gasteiger partial charge in [-0.1, -0.05) is 88.8 Å². The average molecular weight is 452 g/mol. The summed E-state index contributed by atoms with van der Waals surface area (Å²) in [7, 11) is 0. The first-order valence-corrected chi connectivity index (χ1v) is 13.2. The van der Waals surface area contributed by atoms with Gasteiger partial charge in [0.15, 0.2) is 0 Å². The highest BCUT2D eigenvalue weighted by molar-refractivity contribution is 5.59. The molecule has 0 aliphatic rings. The van der Waals surface area contributed by atoms with Gasteiger partial charge < -0.3 is 9.47 Å². The third-order valence-corrected chi connectivity index (χ3v) is 5.83. The molecule has 0 saturated heterocycles. The topological polar surface area (TPSA) is 31.4 Å². The highest BCUT2D eigenvalue weighted by atomic mass is 16.5. The molecule has 33 heavy (non-hydrogen) atoms. The lowest BCUT2D eigenvalue weighted by atomic mass is 10.0. The number of benzene rings is 1. The van der Waals surface area contributed by atoms with Crippen molar-refractivity contribution in [1.82, 2.24) is 4.98 Å². The Morgan fingerprint density at radius 1 is 0.727 bits per heavy atom. The second-order valence-electron chi connectivity index (χ2n) is 8.84. The Morgan fingerprint density at radius 3 is 2.27 bits per heavy atom. The number of aromatic nitrogens is 1. The summed E-state index contributed by atoms with van der Waals surface area (Å²) in [6, 6.07) is 12.9. The summed E-state index contributed by atoms with van der Waals surface area (Å²) >= 11 is 0. The molecule has 1 aromatic carbocycles. The van der Waals surface area contributed by atoms with Gasteiger partial charge >= 0.3 is 0 Å². The number of aryl methyl sites for hydroxylation is 1. The van der Waals surface area contributed by atoms with E-state index in [0.29, 0.717) is 6.61 Å². The summed E-state index contributed by atoms with van der Waals surface area (Å²) in [6.07, 6.45) is 21.2. The molecular formula is C30H45NO2. The van der Waals surface area contributed by atoms with Crippen LogP contribution < -0.4 is 4.74 Å². The van der Waals surface area contributed by atoms with Crippen molar-refractivity contribution in [3.63, 3.8) is 0 Å². The number of hydrogen-bond donors (Lipinski definition) is 0. The van der Waals surface area contributed by atoms with E-state index in [1.165, 1.54) is 56.9 Å². The molecule has 0 N–H and O–H groups in total. The molecule has 0 aliphatic carbocycles. The van der Waals surface area contributed by atoms with Crippen LogP contribution in [-0.4, -0.2) is 24.8 Å². The van der Waals surface area contributed by atoms with Crippen molar-refractivity contribution in [1.29, 1.82) is 0 Å². The fourth-order valence-corrected chi connectivity index (χ4v) is 3.81. The zero-order valence-electron chi connectivity index (χ0n) is 21.1. The molecule has 2 aromatic rings. The molecule has 1 heterocycles. The van der Waals surface area contributed by atoms with Crippen LogP contribution in [0.2, 0.25) is 0 Å². The maximum atomic E-state index is 5.80. The van der Waals surface area contributed by atoms with Gasteiger partial charge in [-0.15, -0.1) is 0 Å². The van der Waals surface area contributed by atoms with E-state index in [-0.39, 0.29) is 0 Å². The molecule has 0 saturated carbocycles. The quantitative estimate of drug-likeness (QED) is 0.158. The number of ether oxygens (including phenoxy) is 2. The Morgan fingerprint density at radius 2 is 1.52 bits per heavy atom. The minimum atomic E-state index is 0.607. The van der Waals surface area contributed by atoms with E-state index in [1.807, 2.05) is 18.3 Å². The second kappa shape index (κ2) is 18.3. The van der Waals surface area contributed by atoms with E-state index in [4.69, 9.17) is 9.47 Å². The lowest BCUT2D eigenvalue weighted by Crippen LogP contribution is -1.96. The monoisotopic (exact) mass is 451 g/mol. The Kier molecular flexibility index (Phi) is 15.0. The fraction of sp³-hybridized carbons (Fsp3) is 0.567. The molecule has 0 fully saturated rings. The van der Waals surface area contributed by atoms with Crippen molar-refractivity contribution in [2.45, 2.75) is 90.9 Å². The van der Waals surface area contributed by atoms with E-state index in [0.717, 1.165) is 55.9 Å². The Hall–Kier alpha value is -2.13. The minimum Gasteiger partial charge on any atom is -0.488 e. The zero-order valence-corrected chi connectivity index (χ0v) is 21.1. The number of unbranched alkanes of at least 4 members (excludes halogenated alkanes) is 8.